The fourth-order valence-electron chi connectivity index (χ4n) is 5.32. The highest BCUT2D eigenvalue weighted by molar-refractivity contribution is 8.00. The Labute approximate surface area is 313 Å². The van der Waals surface area contributed by atoms with Crippen LogP contribution in [0.25, 0.3) is 0 Å². The van der Waals surface area contributed by atoms with E-state index in [1.165, 1.54) is 35.2 Å². The molecule has 0 bridgehead atoms. The molecule has 3 heterocycles. The molecule has 0 radical (unpaired) electrons. The molecule has 2 aliphatic rings. The number of nitrogens with zero attached hydrogens (tertiary/aromatic N) is 3. The fraction of sp³-hybridized carbons (Fsp3) is 0.306. The van der Waals surface area contributed by atoms with E-state index in [9.17, 15) is 24.0 Å². The molecule has 2 aromatic carbocycles. The normalized spacial score (nSPS) is 17.6. The molecule has 1 fully saturated rings. The van der Waals surface area contributed by atoms with E-state index in [0.29, 0.717) is 16.7 Å². The number of anilines is 1. The summed E-state index contributed by atoms with van der Waals surface area (Å²) in [5, 5.41) is 9.88. The molecule has 3 atom stereocenters. The highest BCUT2D eigenvalue weighted by Gasteiger charge is 2.54. The fourth-order valence-corrected chi connectivity index (χ4v) is 7.21. The van der Waals surface area contributed by atoms with Gasteiger partial charge in [-0.2, -0.15) is 0 Å². The maximum absolute atomic E-state index is 13.8. The molecule has 17 heteroatoms. The molecule has 3 amide bonds. The number of nitrogens with two attached hydrogens (primary N) is 1. The van der Waals surface area contributed by atoms with E-state index < -0.39 is 65.6 Å². The number of oxime groups is 1. The molecule has 5 rings (SSSR count). The van der Waals surface area contributed by atoms with Crippen molar-refractivity contribution in [2.45, 2.75) is 49.9 Å². The van der Waals surface area contributed by atoms with Crippen molar-refractivity contribution in [2.24, 2.45) is 5.16 Å². The van der Waals surface area contributed by atoms with Crippen molar-refractivity contribution in [3.63, 3.8) is 0 Å². The number of nitrogen functional groups attached to an aromatic ring is 1. The van der Waals surface area contributed by atoms with Gasteiger partial charge < -0.3 is 35.4 Å². The molecule has 2 unspecified atom stereocenters. The molecule has 2 aliphatic heterocycles. The average molecular weight is 763 g/mol. The Morgan fingerprint density at radius 3 is 2.28 bits per heavy atom. The lowest BCUT2D eigenvalue weighted by molar-refractivity contribution is -0.157. The summed E-state index contributed by atoms with van der Waals surface area (Å²) in [6.45, 7) is 8.07. The minimum absolute atomic E-state index is 0.117. The predicted molar refractivity (Wildman–Crippen MR) is 197 cm³/mol. The van der Waals surface area contributed by atoms with Gasteiger partial charge in [0, 0.05) is 11.1 Å². The van der Waals surface area contributed by atoms with Crippen LogP contribution in [0.1, 0.15) is 43.7 Å². The molecule has 1 aromatic heterocycles. The third-order valence-electron chi connectivity index (χ3n) is 7.68. The highest BCUT2D eigenvalue weighted by atomic mass is 32.2. The number of carbonyl (C=O) groups is 5. The van der Waals surface area contributed by atoms with Gasteiger partial charge in [0.15, 0.2) is 23.0 Å². The molecule has 0 saturated carbocycles. The summed E-state index contributed by atoms with van der Waals surface area (Å²) < 4.78 is 16.9. The van der Waals surface area contributed by atoms with Crippen molar-refractivity contribution in [3.8, 4) is 0 Å². The first-order chi connectivity index (χ1) is 25.3. The SMILES string of the molecule is C=CC1=C(C(=O)OCC(NC(=O)OC(C)(C)C)C(=O)OC(c2ccccc2)c2ccccc2)N2C(=O)C(NC(=O)C(=NOC)c3csc(N)n3)[C@@H]2SC1. The van der Waals surface area contributed by atoms with E-state index in [1.807, 2.05) is 12.1 Å². The molecule has 4 N–H and O–H groups in total. The van der Waals surface area contributed by atoms with E-state index in [0.717, 1.165) is 11.3 Å². The topological polar surface area (TPSA) is 201 Å². The molecule has 3 aromatic rings. The van der Waals surface area contributed by atoms with Crippen molar-refractivity contribution in [1.82, 2.24) is 20.5 Å². The van der Waals surface area contributed by atoms with Crippen LogP contribution >= 0.6 is 23.1 Å². The third-order valence-corrected chi connectivity index (χ3v) is 9.66. The number of ether oxygens (including phenoxy) is 3. The number of β-lactam (4-membered cyclic amide) rings is 1. The minimum Gasteiger partial charge on any atom is -0.458 e. The number of nitrogens with one attached hydrogen (secondary N) is 2. The van der Waals surface area contributed by atoms with Crippen molar-refractivity contribution in [1.29, 1.82) is 0 Å². The van der Waals surface area contributed by atoms with Gasteiger partial charge in [-0.05, 0) is 37.5 Å². The van der Waals surface area contributed by atoms with Crippen LogP contribution in [0.2, 0.25) is 0 Å². The Morgan fingerprint density at radius 1 is 1.09 bits per heavy atom. The summed E-state index contributed by atoms with van der Waals surface area (Å²) in [6.07, 6.45) is -0.382. The number of rotatable bonds is 13. The summed E-state index contributed by atoms with van der Waals surface area (Å²) in [5.74, 6) is -2.97. The van der Waals surface area contributed by atoms with Crippen molar-refractivity contribution in [2.75, 3.05) is 25.2 Å². The zero-order valence-electron chi connectivity index (χ0n) is 29.3. The first-order valence-electron chi connectivity index (χ1n) is 16.2. The molecule has 53 heavy (non-hydrogen) atoms. The third kappa shape index (κ3) is 9.22. The summed E-state index contributed by atoms with van der Waals surface area (Å²) in [6, 6.07) is 15.5. The van der Waals surface area contributed by atoms with E-state index in [1.54, 1.807) is 69.3 Å². The Morgan fingerprint density at radius 2 is 1.74 bits per heavy atom. The standard InChI is InChI=1S/C36H38N6O9S2/c1-6-20-18-52-31-26(40-29(43)25(41-48-5)24-19-53-34(37)38-24)30(44)42(31)27(20)33(46)49-17-23(39-35(47)51-36(2,3)4)32(45)50-28(21-13-9-7-10-14-21)22-15-11-8-12-16-22/h6-16,19,23,26,28,31H,1,17-18H2,2-5H3,(H2,37,38)(H,39,47)(H,40,43)/t23?,26?,31-/m0/s1. The Balaban J connectivity index is 1.33. The van der Waals surface area contributed by atoms with E-state index in [2.05, 4.69) is 27.4 Å². The number of fused-ring (bicyclic) bond motifs is 1. The number of esters is 2. The van der Waals surface area contributed by atoms with Gasteiger partial charge in [-0.25, -0.2) is 19.4 Å². The van der Waals surface area contributed by atoms with Gasteiger partial charge in [0.1, 0.15) is 42.1 Å². The van der Waals surface area contributed by atoms with Gasteiger partial charge in [0.25, 0.3) is 11.8 Å². The van der Waals surface area contributed by atoms with Crippen LogP contribution in [-0.4, -0.2) is 88.0 Å². The summed E-state index contributed by atoms with van der Waals surface area (Å²) >= 11 is 2.39. The van der Waals surface area contributed by atoms with Crippen LogP contribution in [0, 0.1) is 0 Å². The lowest BCUT2D eigenvalue weighted by Crippen LogP contribution is -2.71. The lowest BCUT2D eigenvalue weighted by atomic mass is 10.0. The zero-order valence-corrected chi connectivity index (χ0v) is 30.9. The first-order valence-corrected chi connectivity index (χ1v) is 18.1. The molecule has 0 aliphatic carbocycles. The van der Waals surface area contributed by atoms with E-state index in [-0.39, 0.29) is 28.0 Å². The van der Waals surface area contributed by atoms with Gasteiger partial charge in [0.05, 0.1) is 0 Å². The maximum Gasteiger partial charge on any atom is 0.408 e. The predicted octanol–water partition coefficient (Wildman–Crippen LogP) is 3.69. The molecule has 15 nitrogen and oxygen atoms in total. The van der Waals surface area contributed by atoms with Crippen molar-refractivity contribution in [3.05, 3.63) is 107 Å². The highest BCUT2D eigenvalue weighted by Crippen LogP contribution is 2.41. The van der Waals surface area contributed by atoms with Crippen LogP contribution in [0.15, 0.2) is 95.1 Å². The smallest absolute Gasteiger partial charge is 0.408 e. The second kappa shape index (κ2) is 16.8. The molecule has 1 saturated heterocycles. The largest absolute Gasteiger partial charge is 0.458 e. The van der Waals surface area contributed by atoms with Crippen molar-refractivity contribution >= 4 is 63.8 Å². The van der Waals surface area contributed by atoms with Crippen LogP contribution < -0.4 is 16.4 Å². The van der Waals surface area contributed by atoms with Crippen LogP contribution in [0.5, 0.6) is 0 Å². The lowest BCUT2D eigenvalue weighted by Gasteiger charge is -2.49. The summed E-state index contributed by atoms with van der Waals surface area (Å²) in [5.41, 5.74) is 6.39. The Bertz CT molecular complexity index is 1890. The van der Waals surface area contributed by atoms with Gasteiger partial charge in [-0.3, -0.25) is 14.5 Å². The van der Waals surface area contributed by atoms with Gasteiger partial charge in [-0.1, -0.05) is 78.5 Å². The van der Waals surface area contributed by atoms with Gasteiger partial charge in [-0.15, -0.1) is 23.1 Å². The molecular formula is C36H38N6O9S2. The number of hydrogen-bond acceptors (Lipinski definition) is 14. The van der Waals surface area contributed by atoms with E-state index >= 15 is 0 Å². The van der Waals surface area contributed by atoms with E-state index in [4.69, 9.17) is 24.8 Å². The van der Waals surface area contributed by atoms with Crippen LogP contribution in [0.4, 0.5) is 9.93 Å². The molecule has 278 valence electrons. The number of carbonyl (C=O) groups excluding carboxylic acids is 5. The second-order valence-electron chi connectivity index (χ2n) is 12.6. The number of alkyl carbamates (subject to hydrolysis) is 1. The Kier molecular flexibility index (Phi) is 12.2. The number of hydrogen-bond donors (Lipinski definition) is 3. The second-order valence-corrected chi connectivity index (χ2v) is 14.6. The zero-order chi connectivity index (χ0) is 38.3. The van der Waals surface area contributed by atoms with Gasteiger partial charge >= 0.3 is 18.0 Å². The summed E-state index contributed by atoms with van der Waals surface area (Å²) in [7, 11) is 1.26. The minimum atomic E-state index is -1.51. The number of thiazole rings is 1. The monoisotopic (exact) mass is 762 g/mol. The number of thioether (sulfide) groups is 1. The Hall–Kier alpha value is -5.68. The number of aromatic nitrogens is 1. The first kappa shape index (κ1) is 38.5. The van der Waals surface area contributed by atoms with Crippen LogP contribution in [0.3, 0.4) is 0 Å². The van der Waals surface area contributed by atoms with Gasteiger partial charge in [0.2, 0.25) is 0 Å². The number of allylic oxidation sites excluding steroid dienone is 1. The maximum atomic E-state index is 13.8. The van der Waals surface area contributed by atoms with Crippen LogP contribution in [-0.2, 0) is 38.2 Å². The van der Waals surface area contributed by atoms with Crippen molar-refractivity contribution < 1.29 is 43.0 Å². The number of benzene rings is 2. The quantitative estimate of drug-likeness (QED) is 0.0751. The number of amides is 3. The molecular weight excluding hydrogens is 725 g/mol. The summed E-state index contributed by atoms with van der Waals surface area (Å²) in [4.78, 5) is 77.2. The average Bonchev–Trinajstić information content (AvgIpc) is 3.57. The molecule has 0 spiro atoms.